The van der Waals surface area contributed by atoms with Crippen LogP contribution >= 0.6 is 0 Å². The van der Waals surface area contributed by atoms with Crippen LogP contribution < -0.4 is 4.74 Å². The molecule has 2 aliphatic rings. The zero-order chi connectivity index (χ0) is 26.8. The molecule has 1 aliphatic heterocycles. The van der Waals surface area contributed by atoms with Gasteiger partial charge in [-0.05, 0) is 72.5 Å². The van der Waals surface area contributed by atoms with E-state index in [0.717, 1.165) is 23.4 Å². The summed E-state index contributed by atoms with van der Waals surface area (Å²) in [5.74, 6) is 0.892. The predicted octanol–water partition coefficient (Wildman–Crippen LogP) is 9.11. The lowest BCUT2D eigenvalue weighted by atomic mass is 9.93. The lowest BCUT2D eigenvalue weighted by Gasteiger charge is -2.40. The van der Waals surface area contributed by atoms with Crippen LogP contribution in [0.5, 0.6) is 5.75 Å². The molecule has 0 amide bonds. The van der Waals surface area contributed by atoms with Crippen LogP contribution in [0, 0.1) is 6.92 Å². The Morgan fingerprint density at radius 3 is 2.32 bits per heavy atom. The van der Waals surface area contributed by atoms with Crippen molar-refractivity contribution in [3.8, 4) is 5.75 Å². The highest BCUT2D eigenvalue weighted by Crippen LogP contribution is 2.34. The zero-order valence-corrected chi connectivity index (χ0v) is 23.5. The van der Waals surface area contributed by atoms with Crippen LogP contribution in [0.1, 0.15) is 69.7 Å². The minimum atomic E-state index is 0.349. The molecule has 1 aromatic carbocycles. The summed E-state index contributed by atoms with van der Waals surface area (Å²) in [5, 5.41) is 0. The molecule has 1 atom stereocenters. The van der Waals surface area contributed by atoms with Crippen molar-refractivity contribution < 1.29 is 4.74 Å². The minimum Gasteiger partial charge on any atom is -0.497 e. The van der Waals surface area contributed by atoms with Crippen LogP contribution in [0.2, 0.25) is 0 Å². The average molecular weight is 497 g/mol. The molecule has 0 saturated carbocycles. The molecule has 2 heterocycles. The van der Waals surface area contributed by atoms with Crippen LogP contribution in [0.4, 0.5) is 0 Å². The largest absolute Gasteiger partial charge is 0.497 e. The molecule has 4 rings (SSSR count). The van der Waals surface area contributed by atoms with E-state index in [4.69, 9.17) is 4.74 Å². The molecular weight excluding hydrogens is 452 g/mol. The summed E-state index contributed by atoms with van der Waals surface area (Å²) >= 11 is 0. The van der Waals surface area contributed by atoms with E-state index in [1.807, 2.05) is 25.1 Å². The van der Waals surface area contributed by atoms with E-state index >= 15 is 0 Å². The molecule has 1 aliphatic carbocycles. The second-order valence-corrected chi connectivity index (χ2v) is 9.89. The Bertz CT molecular complexity index is 1180. The van der Waals surface area contributed by atoms with Gasteiger partial charge >= 0.3 is 0 Å². The molecule has 0 N–H and O–H groups in total. The Morgan fingerprint density at radius 1 is 1.05 bits per heavy atom. The average Bonchev–Trinajstić information content (AvgIpc) is 3.26. The van der Waals surface area contributed by atoms with Crippen LogP contribution in [0.15, 0.2) is 96.9 Å². The number of ether oxygens (including phenoxy) is 1. The first kappa shape index (κ1) is 28.1. The molecule has 0 bridgehead atoms. The fourth-order valence-electron chi connectivity index (χ4n) is 4.61. The molecule has 2 aromatic rings. The Labute approximate surface area is 224 Å². The Kier molecular flexibility index (Phi) is 10.4. The molecule has 0 saturated heterocycles. The maximum Gasteiger partial charge on any atom is 0.118 e. The van der Waals surface area contributed by atoms with Crippen LogP contribution in [0.25, 0.3) is 11.8 Å². The number of unbranched alkanes of at least 4 members (excludes halogenated alkanes) is 4. The Hall–Kier alpha value is -3.46. The molecule has 1 aromatic heterocycles. The second-order valence-electron chi connectivity index (χ2n) is 9.89. The first-order chi connectivity index (χ1) is 17.9. The first-order valence-electron chi connectivity index (χ1n) is 13.6. The van der Waals surface area contributed by atoms with Gasteiger partial charge in [-0.3, -0.25) is 0 Å². The summed E-state index contributed by atoms with van der Waals surface area (Å²) in [6.45, 7) is 17.5. The number of hydrogen-bond acceptors (Lipinski definition) is 2. The highest BCUT2D eigenvalue weighted by atomic mass is 16.5. The van der Waals surface area contributed by atoms with Gasteiger partial charge in [0.15, 0.2) is 0 Å². The number of nitrogens with zero attached hydrogens (tertiary/aromatic N) is 2. The van der Waals surface area contributed by atoms with Crippen LogP contribution in [0.3, 0.4) is 0 Å². The van der Waals surface area contributed by atoms with Gasteiger partial charge in [0, 0.05) is 30.3 Å². The highest BCUT2D eigenvalue weighted by Gasteiger charge is 2.28. The van der Waals surface area contributed by atoms with E-state index < -0.39 is 0 Å². The molecule has 0 fully saturated rings. The maximum absolute atomic E-state index is 5.25. The Morgan fingerprint density at radius 2 is 1.76 bits per heavy atom. The fourth-order valence-corrected chi connectivity index (χ4v) is 4.61. The summed E-state index contributed by atoms with van der Waals surface area (Å²) in [5.41, 5.74) is 8.30. The third-order valence-electron chi connectivity index (χ3n) is 6.99. The van der Waals surface area contributed by atoms with Crippen molar-refractivity contribution in [2.75, 3.05) is 7.11 Å². The monoisotopic (exact) mass is 496 g/mol. The van der Waals surface area contributed by atoms with Gasteiger partial charge in [0.2, 0.25) is 0 Å². The molecular formula is C34H44N2O. The third-order valence-corrected chi connectivity index (χ3v) is 6.99. The first-order valence-corrected chi connectivity index (χ1v) is 13.6. The van der Waals surface area contributed by atoms with Crippen molar-refractivity contribution in [1.29, 1.82) is 0 Å². The van der Waals surface area contributed by atoms with Gasteiger partial charge in [0.1, 0.15) is 5.75 Å². The molecule has 0 spiro atoms. The van der Waals surface area contributed by atoms with Gasteiger partial charge in [-0.25, -0.2) is 0 Å². The van der Waals surface area contributed by atoms with E-state index in [2.05, 4.69) is 98.3 Å². The zero-order valence-electron chi connectivity index (χ0n) is 23.5. The highest BCUT2D eigenvalue weighted by molar-refractivity contribution is 5.71. The van der Waals surface area contributed by atoms with E-state index in [0.29, 0.717) is 6.04 Å². The molecule has 1 unspecified atom stereocenters. The number of hydrogen-bond donors (Lipinski definition) is 0. The predicted molar refractivity (Wildman–Crippen MR) is 160 cm³/mol. The van der Waals surface area contributed by atoms with Gasteiger partial charge in [-0.15, -0.1) is 0 Å². The number of allylic oxidation sites excluding steroid dienone is 5. The normalized spacial score (nSPS) is 16.1. The van der Waals surface area contributed by atoms with E-state index in [-0.39, 0.29) is 0 Å². The van der Waals surface area contributed by atoms with Crippen molar-refractivity contribution in [2.45, 2.75) is 72.4 Å². The summed E-state index contributed by atoms with van der Waals surface area (Å²) in [6, 6.07) is 10.8. The number of aromatic nitrogens is 1. The Balaban J connectivity index is 0.000000479. The van der Waals surface area contributed by atoms with Crippen molar-refractivity contribution in [3.05, 3.63) is 114 Å². The van der Waals surface area contributed by atoms with Gasteiger partial charge in [0.05, 0.1) is 13.2 Å². The van der Waals surface area contributed by atoms with Crippen molar-refractivity contribution in [1.82, 2.24) is 9.47 Å². The van der Waals surface area contributed by atoms with E-state index in [1.165, 1.54) is 60.2 Å². The van der Waals surface area contributed by atoms with Crippen LogP contribution in [-0.4, -0.2) is 22.6 Å². The van der Waals surface area contributed by atoms with Crippen molar-refractivity contribution in [2.24, 2.45) is 0 Å². The van der Waals surface area contributed by atoms with Gasteiger partial charge < -0.3 is 14.2 Å². The number of methoxy groups -OCH3 is 1. The number of benzene rings is 1. The molecule has 0 radical (unpaired) electrons. The second kappa shape index (κ2) is 13.7. The van der Waals surface area contributed by atoms with Gasteiger partial charge in [-0.1, -0.05) is 89.0 Å². The van der Waals surface area contributed by atoms with Crippen molar-refractivity contribution >= 4 is 11.8 Å². The topological polar surface area (TPSA) is 17.4 Å². The van der Waals surface area contributed by atoms with E-state index in [1.54, 1.807) is 7.11 Å². The standard InChI is InChI=1S/C27H28N2O.C7H16/c1-6-22(19(2)3)15-23-13-14-29(20(23)4)25-9-12-27-24(16-25)18-28(27)17-21-7-10-26(30-5)11-8-21;1-3-5-7-6-4-2/h6-16,18,27H,1-2,17H2,3-5H3;3-7H2,1-2H3/b22-15+;. The van der Waals surface area contributed by atoms with Crippen molar-refractivity contribution in [3.63, 3.8) is 0 Å². The lowest BCUT2D eigenvalue weighted by Crippen LogP contribution is -2.39. The van der Waals surface area contributed by atoms with E-state index in [9.17, 15) is 0 Å². The van der Waals surface area contributed by atoms with Crippen LogP contribution in [-0.2, 0) is 6.54 Å². The number of rotatable bonds is 11. The summed E-state index contributed by atoms with van der Waals surface area (Å²) in [6.07, 6.45) is 22.2. The minimum absolute atomic E-state index is 0.349. The fraction of sp³-hybridized carbons (Fsp3) is 0.353. The molecule has 196 valence electrons. The van der Waals surface area contributed by atoms with Gasteiger partial charge in [-0.2, -0.15) is 0 Å². The summed E-state index contributed by atoms with van der Waals surface area (Å²) in [7, 11) is 1.70. The quantitative estimate of drug-likeness (QED) is 0.228. The smallest absolute Gasteiger partial charge is 0.118 e. The SMILES string of the molecule is C=C/C(=C\c1ccn(C2=CC3=CN(Cc4ccc(OC)cc4)C3C=C2)c1C)C(=C)C.CCCCCCC. The molecule has 3 nitrogen and oxygen atoms in total. The summed E-state index contributed by atoms with van der Waals surface area (Å²) < 4.78 is 7.49. The summed E-state index contributed by atoms with van der Waals surface area (Å²) in [4.78, 5) is 2.36. The lowest BCUT2D eigenvalue weighted by molar-refractivity contribution is 0.294. The van der Waals surface area contributed by atoms with Gasteiger partial charge in [0.25, 0.3) is 0 Å². The number of fused-ring (bicyclic) bond motifs is 1. The molecule has 37 heavy (non-hydrogen) atoms. The molecule has 3 heteroatoms. The third kappa shape index (κ3) is 7.29. The maximum atomic E-state index is 5.25.